The van der Waals surface area contributed by atoms with Crippen LogP contribution in [0.2, 0.25) is 0 Å². The van der Waals surface area contributed by atoms with E-state index in [-0.39, 0.29) is 0 Å². The van der Waals surface area contributed by atoms with Crippen LogP contribution < -0.4 is 5.32 Å². The van der Waals surface area contributed by atoms with Gasteiger partial charge in [0, 0.05) is 30.9 Å². The number of nitrogens with one attached hydrogen (secondary N) is 1. The predicted molar refractivity (Wildman–Crippen MR) is 84.1 cm³/mol. The molecular formula is C16H28N4. The fourth-order valence-electron chi connectivity index (χ4n) is 2.89. The minimum Gasteiger partial charge on any atom is -0.370 e. The number of likely N-dealkylation sites (tertiary alicyclic amines) is 1. The summed E-state index contributed by atoms with van der Waals surface area (Å²) in [5, 5.41) is 3.44. The summed E-state index contributed by atoms with van der Waals surface area (Å²) in [6.07, 6.45) is 6.26. The molecule has 0 aliphatic carbocycles. The lowest BCUT2D eigenvalue weighted by Gasteiger charge is -2.33. The zero-order chi connectivity index (χ0) is 14.4. The number of anilines is 1. The number of rotatable bonds is 6. The van der Waals surface area contributed by atoms with Gasteiger partial charge in [-0.1, -0.05) is 13.3 Å². The van der Waals surface area contributed by atoms with Crippen molar-refractivity contribution in [2.45, 2.75) is 58.9 Å². The summed E-state index contributed by atoms with van der Waals surface area (Å²) in [6, 6.07) is 2.83. The molecule has 1 aliphatic rings. The maximum absolute atomic E-state index is 4.45. The molecule has 112 valence electrons. The topological polar surface area (TPSA) is 41.0 Å². The van der Waals surface area contributed by atoms with Crippen LogP contribution in [0.5, 0.6) is 0 Å². The summed E-state index contributed by atoms with van der Waals surface area (Å²) in [6.45, 7) is 9.90. The van der Waals surface area contributed by atoms with E-state index < -0.39 is 0 Å². The molecule has 2 heterocycles. The Balaban J connectivity index is 1.74. The molecule has 0 amide bonds. The SMILES string of the molecule is CCc1cc(NCCCN2CCCCC2C)nc(C)n1. The van der Waals surface area contributed by atoms with Crippen molar-refractivity contribution >= 4 is 5.82 Å². The number of aryl methyl sites for hydroxylation is 2. The van der Waals surface area contributed by atoms with Crippen molar-refractivity contribution in [3.05, 3.63) is 17.6 Å². The average molecular weight is 276 g/mol. The monoisotopic (exact) mass is 276 g/mol. The Labute approximate surface area is 123 Å². The lowest BCUT2D eigenvalue weighted by Crippen LogP contribution is -2.38. The second-order valence-electron chi connectivity index (χ2n) is 5.81. The molecule has 1 unspecified atom stereocenters. The van der Waals surface area contributed by atoms with E-state index in [1.165, 1.54) is 38.8 Å². The van der Waals surface area contributed by atoms with Gasteiger partial charge in [-0.25, -0.2) is 9.97 Å². The lowest BCUT2D eigenvalue weighted by molar-refractivity contribution is 0.160. The summed E-state index contributed by atoms with van der Waals surface area (Å²) in [5.74, 6) is 1.83. The molecule has 1 N–H and O–H groups in total. The predicted octanol–water partition coefficient (Wildman–Crippen LogP) is 3.02. The fourth-order valence-corrected chi connectivity index (χ4v) is 2.89. The third-order valence-corrected chi connectivity index (χ3v) is 4.12. The summed E-state index contributed by atoms with van der Waals surface area (Å²) in [4.78, 5) is 11.5. The molecule has 1 atom stereocenters. The molecule has 0 saturated carbocycles. The zero-order valence-corrected chi connectivity index (χ0v) is 13.2. The summed E-state index contributed by atoms with van der Waals surface area (Å²) >= 11 is 0. The minimum absolute atomic E-state index is 0.761. The molecule has 1 aromatic heterocycles. The van der Waals surface area contributed by atoms with Crippen molar-refractivity contribution in [3.8, 4) is 0 Å². The Morgan fingerprint density at radius 1 is 1.35 bits per heavy atom. The molecule has 0 bridgehead atoms. The largest absolute Gasteiger partial charge is 0.370 e. The maximum atomic E-state index is 4.45. The summed E-state index contributed by atoms with van der Waals surface area (Å²) < 4.78 is 0. The highest BCUT2D eigenvalue weighted by molar-refractivity contribution is 5.35. The first-order valence-corrected chi connectivity index (χ1v) is 8.01. The van der Waals surface area contributed by atoms with Gasteiger partial charge in [0.1, 0.15) is 11.6 Å². The minimum atomic E-state index is 0.761. The van der Waals surface area contributed by atoms with Crippen molar-refractivity contribution in [3.63, 3.8) is 0 Å². The van der Waals surface area contributed by atoms with Gasteiger partial charge in [0.2, 0.25) is 0 Å². The summed E-state index contributed by atoms with van der Waals surface area (Å²) in [5.41, 5.74) is 1.12. The second-order valence-corrected chi connectivity index (χ2v) is 5.81. The van der Waals surface area contributed by atoms with Gasteiger partial charge in [-0.2, -0.15) is 0 Å². The zero-order valence-electron chi connectivity index (χ0n) is 13.2. The van der Waals surface area contributed by atoms with Crippen molar-refractivity contribution in [1.29, 1.82) is 0 Å². The van der Waals surface area contributed by atoms with E-state index in [0.717, 1.165) is 36.3 Å². The molecule has 1 saturated heterocycles. The maximum Gasteiger partial charge on any atom is 0.129 e. The molecule has 0 aromatic carbocycles. The van der Waals surface area contributed by atoms with Crippen LogP contribution in [0, 0.1) is 6.92 Å². The highest BCUT2D eigenvalue weighted by Gasteiger charge is 2.16. The van der Waals surface area contributed by atoms with Gasteiger partial charge in [0.15, 0.2) is 0 Å². The Kier molecular flexibility index (Phi) is 5.77. The van der Waals surface area contributed by atoms with Crippen LogP contribution in [0.25, 0.3) is 0 Å². The van der Waals surface area contributed by atoms with Gasteiger partial charge in [0.25, 0.3) is 0 Å². The molecule has 0 spiro atoms. The van der Waals surface area contributed by atoms with Crippen molar-refractivity contribution in [2.24, 2.45) is 0 Å². The Hall–Kier alpha value is -1.16. The molecule has 1 aromatic rings. The fraction of sp³-hybridized carbons (Fsp3) is 0.750. The smallest absolute Gasteiger partial charge is 0.129 e. The molecule has 4 heteroatoms. The van der Waals surface area contributed by atoms with Crippen LogP contribution in [-0.2, 0) is 6.42 Å². The van der Waals surface area contributed by atoms with Crippen LogP contribution in [0.15, 0.2) is 6.07 Å². The quantitative estimate of drug-likeness (QED) is 0.811. The van der Waals surface area contributed by atoms with Gasteiger partial charge in [0.05, 0.1) is 0 Å². The van der Waals surface area contributed by atoms with Gasteiger partial charge < -0.3 is 10.2 Å². The third-order valence-electron chi connectivity index (χ3n) is 4.12. The van der Waals surface area contributed by atoms with Crippen molar-refractivity contribution in [2.75, 3.05) is 25.0 Å². The van der Waals surface area contributed by atoms with Gasteiger partial charge >= 0.3 is 0 Å². The number of hydrogen-bond donors (Lipinski definition) is 1. The highest BCUT2D eigenvalue weighted by atomic mass is 15.2. The van der Waals surface area contributed by atoms with Gasteiger partial charge in [-0.05, 0) is 46.1 Å². The third kappa shape index (κ3) is 4.44. The molecule has 1 fully saturated rings. The average Bonchev–Trinajstić information content (AvgIpc) is 2.44. The highest BCUT2D eigenvalue weighted by Crippen LogP contribution is 2.16. The van der Waals surface area contributed by atoms with E-state index in [1.54, 1.807) is 0 Å². The first-order valence-electron chi connectivity index (χ1n) is 8.01. The van der Waals surface area contributed by atoms with Crippen molar-refractivity contribution in [1.82, 2.24) is 14.9 Å². The number of nitrogens with zero attached hydrogens (tertiary/aromatic N) is 3. The molecule has 20 heavy (non-hydrogen) atoms. The van der Waals surface area contributed by atoms with E-state index in [9.17, 15) is 0 Å². The van der Waals surface area contributed by atoms with Gasteiger partial charge in [-0.3, -0.25) is 0 Å². The number of piperidine rings is 1. The number of aromatic nitrogens is 2. The van der Waals surface area contributed by atoms with E-state index in [0.29, 0.717) is 0 Å². The van der Waals surface area contributed by atoms with Crippen molar-refractivity contribution < 1.29 is 0 Å². The standard InChI is InChI=1S/C16H28N4/c1-4-15-12-16(19-14(3)18-15)17-9-7-11-20-10-6-5-8-13(20)2/h12-13H,4-11H2,1-3H3,(H,17,18,19). The molecule has 1 aliphatic heterocycles. The van der Waals surface area contributed by atoms with Crippen LogP contribution in [-0.4, -0.2) is 40.5 Å². The van der Waals surface area contributed by atoms with E-state index in [1.807, 2.05) is 6.92 Å². The lowest BCUT2D eigenvalue weighted by atomic mass is 10.0. The van der Waals surface area contributed by atoms with E-state index in [2.05, 4.69) is 40.1 Å². The van der Waals surface area contributed by atoms with E-state index in [4.69, 9.17) is 0 Å². The first-order chi connectivity index (χ1) is 9.69. The normalized spacial score (nSPS) is 20.1. The Morgan fingerprint density at radius 2 is 2.20 bits per heavy atom. The Bertz CT molecular complexity index is 419. The van der Waals surface area contributed by atoms with Crippen LogP contribution >= 0.6 is 0 Å². The van der Waals surface area contributed by atoms with Crippen LogP contribution in [0.3, 0.4) is 0 Å². The molecule has 0 radical (unpaired) electrons. The number of hydrogen-bond acceptors (Lipinski definition) is 4. The van der Waals surface area contributed by atoms with Gasteiger partial charge in [-0.15, -0.1) is 0 Å². The Morgan fingerprint density at radius 3 is 2.95 bits per heavy atom. The first kappa shape index (κ1) is 15.2. The molecular weight excluding hydrogens is 248 g/mol. The van der Waals surface area contributed by atoms with E-state index >= 15 is 0 Å². The van der Waals surface area contributed by atoms with Crippen LogP contribution in [0.1, 0.15) is 51.0 Å². The second kappa shape index (κ2) is 7.58. The summed E-state index contributed by atoms with van der Waals surface area (Å²) in [7, 11) is 0. The van der Waals surface area contributed by atoms with Crippen LogP contribution in [0.4, 0.5) is 5.82 Å². The molecule has 2 rings (SSSR count). The molecule has 4 nitrogen and oxygen atoms in total.